The van der Waals surface area contributed by atoms with Crippen molar-refractivity contribution >= 4 is 11.9 Å². The second-order valence-electron chi connectivity index (χ2n) is 5.94. The van der Waals surface area contributed by atoms with Crippen LogP contribution in [0.15, 0.2) is 54.6 Å². The van der Waals surface area contributed by atoms with Gasteiger partial charge in [-0.15, -0.1) is 0 Å². The van der Waals surface area contributed by atoms with Crippen LogP contribution in [0.4, 0.5) is 5.95 Å². The molecular weight excluding hydrogens is 328 g/mol. The maximum absolute atomic E-state index is 11.8. The summed E-state index contributed by atoms with van der Waals surface area (Å²) >= 11 is 0. The van der Waals surface area contributed by atoms with Crippen LogP contribution < -0.4 is 16.2 Å². The van der Waals surface area contributed by atoms with Crippen LogP contribution in [0.25, 0.3) is 11.1 Å². The van der Waals surface area contributed by atoms with Gasteiger partial charge in [-0.25, -0.2) is 9.97 Å². The molecule has 0 fully saturated rings. The summed E-state index contributed by atoms with van der Waals surface area (Å²) in [6, 6.07) is 17.8. The van der Waals surface area contributed by atoms with Gasteiger partial charge in [0.25, 0.3) is 5.91 Å². The Kier molecular flexibility index (Phi) is 4.84. The number of aryl methyl sites for hydroxylation is 1. The lowest BCUT2D eigenvalue weighted by atomic mass is 10.1. The third kappa shape index (κ3) is 3.64. The summed E-state index contributed by atoms with van der Waals surface area (Å²) in [5.41, 5.74) is 14.5. The maximum atomic E-state index is 11.8. The molecule has 26 heavy (non-hydrogen) atoms. The zero-order chi connectivity index (χ0) is 18.7. The van der Waals surface area contributed by atoms with Crippen LogP contribution in [0, 0.1) is 6.92 Å². The highest BCUT2D eigenvalue weighted by molar-refractivity contribution is 5.95. The minimum atomic E-state index is -0.604. The van der Waals surface area contributed by atoms with Gasteiger partial charge in [0.15, 0.2) is 0 Å². The van der Waals surface area contributed by atoms with Gasteiger partial charge in [0.05, 0.1) is 17.0 Å². The molecular formula is C20H20N4O2. The number of anilines is 1. The van der Waals surface area contributed by atoms with E-state index < -0.39 is 12.0 Å². The molecule has 0 aliphatic heterocycles. The Labute approximate surface area is 151 Å². The molecule has 0 aliphatic carbocycles. The highest BCUT2D eigenvalue weighted by Gasteiger charge is 2.21. The van der Waals surface area contributed by atoms with Gasteiger partial charge in [-0.05, 0) is 37.1 Å². The van der Waals surface area contributed by atoms with Crippen molar-refractivity contribution in [2.24, 2.45) is 5.73 Å². The molecule has 132 valence electrons. The maximum Gasteiger partial charge on any atom is 0.252 e. The predicted octanol–water partition coefficient (Wildman–Crippen LogP) is 3.27. The molecule has 1 heterocycles. The Morgan fingerprint density at radius 1 is 1.00 bits per heavy atom. The fourth-order valence-corrected chi connectivity index (χ4v) is 2.83. The van der Waals surface area contributed by atoms with E-state index in [0.29, 0.717) is 17.1 Å². The van der Waals surface area contributed by atoms with Gasteiger partial charge in [0, 0.05) is 0 Å². The number of hydrogen-bond donors (Lipinski definition) is 2. The second kappa shape index (κ2) is 7.23. The SMILES string of the molecule is Cc1nc(N)nc(C(C)Oc2ccc(-c3ccccc3)cc2)c1C(N)=O. The van der Waals surface area contributed by atoms with Crippen LogP contribution in [0.2, 0.25) is 0 Å². The van der Waals surface area contributed by atoms with E-state index in [-0.39, 0.29) is 11.5 Å². The molecule has 1 aromatic heterocycles. The number of nitrogens with two attached hydrogens (primary N) is 2. The molecule has 2 aromatic carbocycles. The lowest BCUT2D eigenvalue weighted by Crippen LogP contribution is -2.21. The molecule has 3 aromatic rings. The van der Waals surface area contributed by atoms with Gasteiger partial charge in [0.2, 0.25) is 5.95 Å². The first-order valence-corrected chi connectivity index (χ1v) is 8.21. The van der Waals surface area contributed by atoms with Crippen LogP contribution in [-0.4, -0.2) is 15.9 Å². The molecule has 0 spiro atoms. The number of carbonyl (C=O) groups excluding carboxylic acids is 1. The van der Waals surface area contributed by atoms with Crippen LogP contribution in [0.5, 0.6) is 5.75 Å². The number of ether oxygens (including phenoxy) is 1. The third-order valence-corrected chi connectivity index (χ3v) is 4.04. The van der Waals surface area contributed by atoms with E-state index in [0.717, 1.165) is 11.1 Å². The van der Waals surface area contributed by atoms with Gasteiger partial charge < -0.3 is 16.2 Å². The lowest BCUT2D eigenvalue weighted by Gasteiger charge is -2.18. The summed E-state index contributed by atoms with van der Waals surface area (Å²) in [5.74, 6) is 0.132. The van der Waals surface area contributed by atoms with E-state index in [9.17, 15) is 4.79 Å². The van der Waals surface area contributed by atoms with Crippen molar-refractivity contribution in [3.63, 3.8) is 0 Å². The molecule has 0 saturated carbocycles. The van der Waals surface area contributed by atoms with Crippen molar-refractivity contribution in [3.05, 3.63) is 71.5 Å². The Morgan fingerprint density at radius 2 is 1.62 bits per heavy atom. The molecule has 1 unspecified atom stereocenters. The van der Waals surface area contributed by atoms with Gasteiger partial charge in [-0.3, -0.25) is 4.79 Å². The molecule has 1 amide bonds. The molecule has 3 rings (SSSR count). The van der Waals surface area contributed by atoms with Crippen molar-refractivity contribution in [1.82, 2.24) is 9.97 Å². The molecule has 6 heteroatoms. The molecule has 0 radical (unpaired) electrons. The third-order valence-electron chi connectivity index (χ3n) is 4.04. The Morgan fingerprint density at radius 3 is 2.23 bits per heavy atom. The van der Waals surface area contributed by atoms with E-state index in [1.807, 2.05) is 54.6 Å². The van der Waals surface area contributed by atoms with Crippen LogP contribution in [-0.2, 0) is 0 Å². The summed E-state index contributed by atoms with van der Waals surface area (Å²) in [6.07, 6.45) is -0.510. The summed E-state index contributed by atoms with van der Waals surface area (Å²) < 4.78 is 5.94. The number of hydrogen-bond acceptors (Lipinski definition) is 5. The molecule has 1 atom stereocenters. The quantitative estimate of drug-likeness (QED) is 0.736. The first-order chi connectivity index (χ1) is 12.5. The van der Waals surface area contributed by atoms with Crippen molar-refractivity contribution in [2.75, 3.05) is 5.73 Å². The molecule has 0 saturated heterocycles. The van der Waals surface area contributed by atoms with Crippen LogP contribution in [0.3, 0.4) is 0 Å². The smallest absolute Gasteiger partial charge is 0.252 e. The van der Waals surface area contributed by atoms with Gasteiger partial charge in [-0.1, -0.05) is 42.5 Å². The number of benzene rings is 2. The number of rotatable bonds is 5. The highest BCUT2D eigenvalue weighted by Crippen LogP contribution is 2.27. The van der Waals surface area contributed by atoms with Crippen molar-refractivity contribution in [2.45, 2.75) is 20.0 Å². The topological polar surface area (TPSA) is 104 Å². The number of aromatic nitrogens is 2. The summed E-state index contributed by atoms with van der Waals surface area (Å²) in [4.78, 5) is 19.9. The van der Waals surface area contributed by atoms with Crippen molar-refractivity contribution in [1.29, 1.82) is 0 Å². The first-order valence-electron chi connectivity index (χ1n) is 8.21. The molecule has 0 aliphatic rings. The number of amides is 1. The largest absolute Gasteiger partial charge is 0.484 e. The first kappa shape index (κ1) is 17.4. The number of primary amides is 1. The highest BCUT2D eigenvalue weighted by atomic mass is 16.5. The van der Waals surface area contributed by atoms with Gasteiger partial charge >= 0.3 is 0 Å². The van der Waals surface area contributed by atoms with E-state index in [4.69, 9.17) is 16.2 Å². The van der Waals surface area contributed by atoms with Crippen LogP contribution >= 0.6 is 0 Å². The minimum Gasteiger partial charge on any atom is -0.484 e. The monoisotopic (exact) mass is 348 g/mol. The Hall–Kier alpha value is -3.41. The standard InChI is InChI=1S/C20H20N4O2/c1-12-17(19(21)25)18(24-20(22)23-12)13(2)26-16-10-8-15(9-11-16)14-6-4-3-5-7-14/h3-11,13H,1-2H3,(H2,21,25)(H2,22,23,24). The average molecular weight is 348 g/mol. The van der Waals surface area contributed by atoms with Gasteiger partial charge in [-0.2, -0.15) is 0 Å². The van der Waals surface area contributed by atoms with Gasteiger partial charge in [0.1, 0.15) is 11.9 Å². The average Bonchev–Trinajstić information content (AvgIpc) is 2.62. The van der Waals surface area contributed by atoms with E-state index >= 15 is 0 Å². The zero-order valence-electron chi connectivity index (χ0n) is 14.6. The fraction of sp³-hybridized carbons (Fsp3) is 0.150. The lowest BCUT2D eigenvalue weighted by molar-refractivity contribution is 0.0993. The van der Waals surface area contributed by atoms with Crippen molar-refractivity contribution in [3.8, 4) is 16.9 Å². The summed E-state index contributed by atoms with van der Waals surface area (Å²) in [5, 5.41) is 0. The Bertz CT molecular complexity index is 925. The molecule has 0 bridgehead atoms. The van der Waals surface area contributed by atoms with E-state index in [2.05, 4.69) is 9.97 Å². The van der Waals surface area contributed by atoms with E-state index in [1.165, 1.54) is 0 Å². The van der Waals surface area contributed by atoms with Crippen molar-refractivity contribution < 1.29 is 9.53 Å². The minimum absolute atomic E-state index is 0.0809. The second-order valence-corrected chi connectivity index (χ2v) is 5.94. The molecule has 4 N–H and O–H groups in total. The zero-order valence-corrected chi connectivity index (χ0v) is 14.6. The Balaban J connectivity index is 1.85. The number of nitrogens with zero attached hydrogens (tertiary/aromatic N) is 2. The van der Waals surface area contributed by atoms with E-state index in [1.54, 1.807) is 13.8 Å². The fourth-order valence-electron chi connectivity index (χ4n) is 2.83. The van der Waals surface area contributed by atoms with Crippen LogP contribution in [0.1, 0.15) is 34.8 Å². The summed E-state index contributed by atoms with van der Waals surface area (Å²) in [7, 11) is 0. The molecule has 6 nitrogen and oxygen atoms in total. The summed E-state index contributed by atoms with van der Waals surface area (Å²) in [6.45, 7) is 3.46. The predicted molar refractivity (Wildman–Crippen MR) is 101 cm³/mol. The number of carbonyl (C=O) groups is 1. The normalized spacial score (nSPS) is 11.8. The number of nitrogen functional groups attached to an aromatic ring is 1.